The number of hydrogen-bond acceptors (Lipinski definition) is 6. The summed E-state index contributed by atoms with van der Waals surface area (Å²) in [7, 11) is 4.59. The molecule has 0 bridgehead atoms. The molecule has 2 heterocycles. The predicted molar refractivity (Wildman–Crippen MR) is 212 cm³/mol. The molecule has 1 atom stereocenters. The number of aromatic nitrogens is 4. The summed E-state index contributed by atoms with van der Waals surface area (Å²) in [6, 6.07) is 23.6. The molecule has 5 aromatic rings. The minimum atomic E-state index is -1.17. The van der Waals surface area contributed by atoms with Crippen molar-refractivity contribution in [1.29, 1.82) is 0 Å². The third-order valence-electron chi connectivity index (χ3n) is 8.94. The van der Waals surface area contributed by atoms with Crippen molar-refractivity contribution >= 4 is 37.2 Å². The van der Waals surface area contributed by atoms with Crippen molar-refractivity contribution < 1.29 is 14.3 Å². The molecule has 2 N–H and O–H groups in total. The molecule has 0 fully saturated rings. The lowest BCUT2D eigenvalue weighted by molar-refractivity contribution is -0.118. The Morgan fingerprint density at radius 3 is 2.35 bits per heavy atom. The van der Waals surface area contributed by atoms with E-state index in [4.69, 9.17) is 21.4 Å². The molecule has 5 rings (SSSR count). The van der Waals surface area contributed by atoms with Gasteiger partial charge in [0, 0.05) is 62.9 Å². The number of ether oxygens (including phenoxy) is 1. The van der Waals surface area contributed by atoms with Gasteiger partial charge in [0.2, 0.25) is 5.91 Å². The van der Waals surface area contributed by atoms with Gasteiger partial charge in [0.25, 0.3) is 5.91 Å². The van der Waals surface area contributed by atoms with Crippen LogP contribution in [-0.2, 0) is 36.3 Å². The van der Waals surface area contributed by atoms with E-state index in [0.29, 0.717) is 23.1 Å². The van der Waals surface area contributed by atoms with Crippen LogP contribution in [0.25, 0.3) is 22.3 Å². The maximum Gasteiger partial charge on any atom is 0.270 e. The maximum absolute atomic E-state index is 14.0. The fourth-order valence-corrected chi connectivity index (χ4v) is 7.05. The van der Waals surface area contributed by atoms with Gasteiger partial charge in [-0.05, 0) is 98.2 Å². The Balaban J connectivity index is 1.35. The number of hydrogen-bond donors (Lipinski definition) is 2. The number of halogens is 1. The Morgan fingerprint density at radius 1 is 0.962 bits per heavy atom. The van der Waals surface area contributed by atoms with Crippen molar-refractivity contribution in [3.8, 4) is 22.3 Å². The number of nitrogens with one attached hydrogen (secondary N) is 2. The fraction of sp³-hybridized carbons (Fsp3) is 0.350. The van der Waals surface area contributed by atoms with E-state index in [1.165, 1.54) is 10.2 Å². The second-order valence-corrected chi connectivity index (χ2v) is 20.8. The normalized spacial score (nSPS) is 12.3. The number of amides is 2. The highest BCUT2D eigenvalue weighted by atomic mass is 35.5. The van der Waals surface area contributed by atoms with Gasteiger partial charge in [-0.3, -0.25) is 14.3 Å². The number of nitrogens with zero attached hydrogens (tertiary/aromatic N) is 5. The number of rotatable bonds is 15. The van der Waals surface area contributed by atoms with Gasteiger partial charge >= 0.3 is 0 Å². The Morgan fingerprint density at radius 2 is 1.67 bits per heavy atom. The Labute approximate surface area is 313 Å². The van der Waals surface area contributed by atoms with Crippen LogP contribution in [-0.4, -0.2) is 71.1 Å². The predicted octanol–water partition coefficient (Wildman–Crippen LogP) is 7.57. The molecule has 0 radical (unpaired) electrons. The molecule has 2 amide bonds. The number of carbonyl (C=O) groups excluding carboxylic acids is 2. The highest BCUT2D eigenvalue weighted by Gasteiger charge is 2.25. The summed E-state index contributed by atoms with van der Waals surface area (Å²) < 4.78 is 9.34. The molecule has 0 saturated carbocycles. The number of anilines is 1. The van der Waals surface area contributed by atoms with Gasteiger partial charge in [-0.25, -0.2) is 4.68 Å². The molecule has 0 aliphatic heterocycles. The first-order valence-electron chi connectivity index (χ1n) is 17.5. The first-order chi connectivity index (χ1) is 24.7. The summed E-state index contributed by atoms with van der Waals surface area (Å²) in [6.07, 6.45) is 1.72. The molecule has 52 heavy (non-hydrogen) atoms. The largest absolute Gasteiger partial charge is 0.360 e. The molecular formula is C40H50ClN7O3Si. The molecule has 0 aliphatic carbocycles. The highest BCUT2D eigenvalue weighted by molar-refractivity contribution is 6.76. The maximum atomic E-state index is 14.0. The van der Waals surface area contributed by atoms with Crippen LogP contribution in [0.15, 0.2) is 79.0 Å². The van der Waals surface area contributed by atoms with Crippen LogP contribution in [0.5, 0.6) is 0 Å². The van der Waals surface area contributed by atoms with E-state index in [-0.39, 0.29) is 12.3 Å². The van der Waals surface area contributed by atoms with Gasteiger partial charge < -0.3 is 20.3 Å². The van der Waals surface area contributed by atoms with E-state index in [1.54, 1.807) is 19.3 Å². The molecule has 12 heteroatoms. The van der Waals surface area contributed by atoms with E-state index in [2.05, 4.69) is 58.5 Å². The number of benzene rings is 3. The van der Waals surface area contributed by atoms with Crippen LogP contribution in [0.3, 0.4) is 0 Å². The van der Waals surface area contributed by atoms with Crippen molar-refractivity contribution in [2.75, 3.05) is 26.0 Å². The molecule has 2 aromatic heterocycles. The van der Waals surface area contributed by atoms with Gasteiger partial charge in [-0.15, -0.1) is 0 Å². The summed E-state index contributed by atoms with van der Waals surface area (Å²) >= 11 is 6.73. The van der Waals surface area contributed by atoms with Crippen molar-refractivity contribution in [2.24, 2.45) is 7.05 Å². The number of aryl methyl sites for hydroxylation is 2. The van der Waals surface area contributed by atoms with E-state index >= 15 is 0 Å². The first kappa shape index (κ1) is 38.7. The molecule has 0 spiro atoms. The third kappa shape index (κ3) is 10.1. The average Bonchev–Trinajstić information content (AvgIpc) is 3.64. The lowest BCUT2D eigenvalue weighted by Crippen LogP contribution is -2.45. The van der Waals surface area contributed by atoms with Crippen LogP contribution in [0.1, 0.15) is 33.0 Å². The Kier molecular flexibility index (Phi) is 12.5. The van der Waals surface area contributed by atoms with Crippen LogP contribution in [0, 0.1) is 13.8 Å². The monoisotopic (exact) mass is 739 g/mol. The zero-order valence-electron chi connectivity index (χ0n) is 31.5. The first-order valence-corrected chi connectivity index (χ1v) is 21.6. The molecule has 0 saturated heterocycles. The summed E-state index contributed by atoms with van der Waals surface area (Å²) in [4.78, 5) is 29.4. The van der Waals surface area contributed by atoms with Crippen molar-refractivity contribution in [3.05, 3.63) is 112 Å². The van der Waals surface area contributed by atoms with Gasteiger partial charge in [0.1, 0.15) is 18.5 Å². The van der Waals surface area contributed by atoms with Crippen LogP contribution in [0.2, 0.25) is 30.7 Å². The SMILES string of the molecule is Cc1nn(COCC[Si](C)(C)C)c(C)c1-c1ccc(NC(=O)[C@H](Cc2cc(-c3cccc(CN(C)C)c3)ccc2Cl)NC(=O)c2ccnn2C)cc1. The summed E-state index contributed by atoms with van der Waals surface area (Å²) in [5, 5.41) is 15.3. The molecule has 274 valence electrons. The molecule has 0 aliphatic rings. The van der Waals surface area contributed by atoms with Crippen LogP contribution < -0.4 is 10.6 Å². The summed E-state index contributed by atoms with van der Waals surface area (Å²) in [5.74, 6) is -0.778. The molecule has 0 unspecified atom stereocenters. The Bertz CT molecular complexity index is 2010. The second kappa shape index (κ2) is 16.9. The minimum Gasteiger partial charge on any atom is -0.360 e. The zero-order chi connectivity index (χ0) is 37.6. The fourth-order valence-electron chi connectivity index (χ4n) is 6.10. The van der Waals surface area contributed by atoms with E-state index < -0.39 is 20.0 Å². The smallest absolute Gasteiger partial charge is 0.270 e. The molecule has 10 nitrogen and oxygen atoms in total. The average molecular weight is 740 g/mol. The number of carbonyl (C=O) groups is 2. The van der Waals surface area contributed by atoms with Gasteiger partial charge in [0.05, 0.1) is 5.69 Å². The molecular weight excluding hydrogens is 690 g/mol. The topological polar surface area (TPSA) is 106 Å². The summed E-state index contributed by atoms with van der Waals surface area (Å²) in [6.45, 7) is 13.0. The van der Waals surface area contributed by atoms with Crippen molar-refractivity contribution in [2.45, 2.75) is 65.3 Å². The van der Waals surface area contributed by atoms with Crippen LogP contribution in [0.4, 0.5) is 5.69 Å². The van der Waals surface area contributed by atoms with E-state index in [9.17, 15) is 9.59 Å². The van der Waals surface area contributed by atoms with Crippen molar-refractivity contribution in [1.82, 2.24) is 29.8 Å². The second-order valence-electron chi connectivity index (χ2n) is 14.8. The van der Waals surface area contributed by atoms with Gasteiger partial charge in [0.15, 0.2) is 0 Å². The lowest BCUT2D eigenvalue weighted by atomic mass is 9.97. The standard InChI is InChI=1S/C40H50ClN7O3Si/c1-27-38(28(2)48(45-27)26-51-20-21-52(6,7)8)30-12-15-34(16-13-30)43-39(49)36(44-40(50)37-18-19-42-47(37)5)24-33-23-32(14-17-35(33)41)31-11-9-10-29(22-31)25-46(3)4/h9-19,22-23,36H,20-21,24-26H2,1-8H3,(H,43,49)(H,44,50)/t36-/m0/s1. The van der Waals surface area contributed by atoms with E-state index in [1.807, 2.05) is 81.2 Å². The van der Waals surface area contributed by atoms with E-state index in [0.717, 1.165) is 58.4 Å². The molecule has 3 aromatic carbocycles. The van der Waals surface area contributed by atoms with Crippen molar-refractivity contribution in [3.63, 3.8) is 0 Å². The van der Waals surface area contributed by atoms with Gasteiger partial charge in [-0.1, -0.05) is 67.6 Å². The van der Waals surface area contributed by atoms with Gasteiger partial charge in [-0.2, -0.15) is 10.2 Å². The highest BCUT2D eigenvalue weighted by Crippen LogP contribution is 2.30. The minimum absolute atomic E-state index is 0.176. The lowest BCUT2D eigenvalue weighted by Gasteiger charge is -2.20. The quantitative estimate of drug-likeness (QED) is 0.0848. The van der Waals surface area contributed by atoms with Crippen LogP contribution >= 0.6 is 11.6 Å². The third-order valence-corrected chi connectivity index (χ3v) is 11.0. The zero-order valence-corrected chi connectivity index (χ0v) is 33.2. The Hall–Kier alpha value is -4.55. The summed E-state index contributed by atoms with van der Waals surface area (Å²) in [5.41, 5.74) is 8.83.